The Hall–Kier alpha value is -4.27. The number of nitrogens with zero attached hydrogens (tertiary/aromatic N) is 2. The van der Waals surface area contributed by atoms with E-state index in [1.807, 2.05) is 0 Å². The van der Waals surface area contributed by atoms with E-state index in [0.29, 0.717) is 47.1 Å². The van der Waals surface area contributed by atoms with Crippen molar-refractivity contribution in [3.05, 3.63) is 96.2 Å². The minimum absolute atomic E-state index is 0.347. The van der Waals surface area contributed by atoms with Crippen LogP contribution in [0.5, 0.6) is 5.75 Å². The number of rotatable bonds is 7. The number of carbonyl (C=O) groups is 1. The number of nitrogen functional groups attached to an aromatic ring is 1. The van der Waals surface area contributed by atoms with Crippen molar-refractivity contribution >= 4 is 17.4 Å². The van der Waals surface area contributed by atoms with Crippen molar-refractivity contribution in [1.82, 2.24) is 9.78 Å². The van der Waals surface area contributed by atoms with Gasteiger partial charge in [0, 0.05) is 11.3 Å². The highest BCUT2D eigenvalue weighted by molar-refractivity contribution is 6.08. The van der Waals surface area contributed by atoms with E-state index in [1.54, 1.807) is 65.5 Å². The predicted octanol–water partition coefficient (Wildman–Crippen LogP) is 5.48. The normalized spacial score (nSPS) is 11.3. The first-order valence-corrected chi connectivity index (χ1v) is 10.4. The highest BCUT2D eigenvalue weighted by Crippen LogP contribution is 2.32. The van der Waals surface area contributed by atoms with Gasteiger partial charge in [0.05, 0.1) is 18.3 Å². The van der Waals surface area contributed by atoms with Crippen LogP contribution in [0, 0.1) is 0 Å². The molecule has 0 unspecified atom stereocenters. The van der Waals surface area contributed by atoms with Gasteiger partial charge in [-0.2, -0.15) is 18.3 Å². The molecular formula is C25H21F3N4O2. The van der Waals surface area contributed by atoms with Crippen molar-refractivity contribution in [2.24, 2.45) is 0 Å². The van der Waals surface area contributed by atoms with E-state index in [-0.39, 0.29) is 5.91 Å². The Morgan fingerprint density at radius 2 is 1.68 bits per heavy atom. The lowest BCUT2D eigenvalue weighted by atomic mass is 9.98. The molecule has 1 amide bonds. The number of nitrogens with one attached hydrogen (secondary N) is 1. The van der Waals surface area contributed by atoms with Crippen LogP contribution in [-0.4, -0.2) is 22.3 Å². The first kappa shape index (κ1) is 22.9. The molecule has 0 saturated carbocycles. The molecule has 4 rings (SSSR count). The minimum atomic E-state index is -4.42. The maximum absolute atomic E-state index is 12.9. The number of ether oxygens (including phenoxy) is 1. The number of amides is 1. The molecule has 4 aromatic rings. The maximum Gasteiger partial charge on any atom is 0.416 e. The molecule has 174 valence electrons. The van der Waals surface area contributed by atoms with Gasteiger partial charge < -0.3 is 15.8 Å². The third-order valence-electron chi connectivity index (χ3n) is 5.13. The molecule has 0 aliphatic carbocycles. The van der Waals surface area contributed by atoms with E-state index in [1.165, 1.54) is 12.1 Å². The molecule has 0 radical (unpaired) electrons. The van der Waals surface area contributed by atoms with E-state index in [9.17, 15) is 18.0 Å². The Morgan fingerprint density at radius 3 is 2.32 bits per heavy atom. The van der Waals surface area contributed by atoms with Gasteiger partial charge in [0.15, 0.2) is 0 Å². The average Bonchev–Trinajstić information content (AvgIpc) is 3.24. The summed E-state index contributed by atoms with van der Waals surface area (Å²) >= 11 is 0. The molecule has 0 aliphatic rings. The first-order valence-electron chi connectivity index (χ1n) is 10.4. The Kier molecular flexibility index (Phi) is 6.53. The number of halogens is 3. The summed E-state index contributed by atoms with van der Waals surface area (Å²) in [6, 6.07) is 20.0. The standard InChI is InChI=1S/C25H21F3N4O2/c26-25(27,28)18-7-5-17(6-8-18)21-3-1-2-4-22(21)24(33)31-19-9-11-20(12-10-19)34-16-15-32-23(29)13-14-30-32/h1-14H,15-16,29H2,(H,31,33). The number of alkyl halides is 3. The number of anilines is 2. The van der Waals surface area contributed by atoms with Gasteiger partial charge in [-0.3, -0.25) is 4.79 Å². The molecule has 0 saturated heterocycles. The predicted molar refractivity (Wildman–Crippen MR) is 123 cm³/mol. The van der Waals surface area contributed by atoms with Gasteiger partial charge in [0.1, 0.15) is 18.2 Å². The molecule has 9 heteroatoms. The number of aromatic nitrogens is 2. The number of hydrogen-bond acceptors (Lipinski definition) is 4. The van der Waals surface area contributed by atoms with Crippen LogP contribution in [0.25, 0.3) is 11.1 Å². The maximum atomic E-state index is 12.9. The van der Waals surface area contributed by atoms with Gasteiger partial charge in [-0.15, -0.1) is 0 Å². The molecule has 1 aromatic heterocycles. The van der Waals surface area contributed by atoms with Gasteiger partial charge in [-0.1, -0.05) is 30.3 Å². The van der Waals surface area contributed by atoms with Crippen molar-refractivity contribution in [3.8, 4) is 16.9 Å². The quantitative estimate of drug-likeness (QED) is 0.378. The zero-order valence-electron chi connectivity index (χ0n) is 17.9. The Labute approximate surface area is 193 Å². The molecule has 0 fully saturated rings. The number of hydrogen-bond donors (Lipinski definition) is 2. The summed E-state index contributed by atoms with van der Waals surface area (Å²) in [6.07, 6.45) is -2.81. The summed E-state index contributed by atoms with van der Waals surface area (Å²) in [6.45, 7) is 0.871. The van der Waals surface area contributed by atoms with Crippen molar-refractivity contribution < 1.29 is 22.7 Å². The van der Waals surface area contributed by atoms with Crippen LogP contribution in [0.3, 0.4) is 0 Å². The molecule has 0 aliphatic heterocycles. The molecule has 0 bridgehead atoms. The average molecular weight is 466 g/mol. The summed E-state index contributed by atoms with van der Waals surface area (Å²) in [4.78, 5) is 12.9. The Balaban J connectivity index is 1.41. The summed E-state index contributed by atoms with van der Waals surface area (Å²) < 4.78 is 45.9. The smallest absolute Gasteiger partial charge is 0.416 e. The largest absolute Gasteiger partial charge is 0.492 e. The van der Waals surface area contributed by atoms with Crippen LogP contribution in [0.15, 0.2) is 85.1 Å². The van der Waals surface area contributed by atoms with Gasteiger partial charge >= 0.3 is 6.18 Å². The van der Waals surface area contributed by atoms with Gasteiger partial charge in [-0.25, -0.2) is 4.68 Å². The topological polar surface area (TPSA) is 82.2 Å². The lowest BCUT2D eigenvalue weighted by Gasteiger charge is -2.12. The number of nitrogens with two attached hydrogens (primary N) is 1. The third-order valence-corrected chi connectivity index (χ3v) is 5.13. The van der Waals surface area contributed by atoms with E-state index < -0.39 is 11.7 Å². The zero-order chi connectivity index (χ0) is 24.1. The molecule has 0 atom stereocenters. The van der Waals surface area contributed by atoms with Crippen LogP contribution in [0.2, 0.25) is 0 Å². The fraction of sp³-hybridized carbons (Fsp3) is 0.120. The van der Waals surface area contributed by atoms with Gasteiger partial charge in [0.25, 0.3) is 5.91 Å². The molecule has 3 aromatic carbocycles. The molecule has 34 heavy (non-hydrogen) atoms. The van der Waals surface area contributed by atoms with E-state index in [0.717, 1.165) is 12.1 Å². The zero-order valence-corrected chi connectivity index (χ0v) is 17.9. The van der Waals surface area contributed by atoms with Crippen molar-refractivity contribution in [2.75, 3.05) is 17.7 Å². The van der Waals surface area contributed by atoms with Crippen molar-refractivity contribution in [1.29, 1.82) is 0 Å². The van der Waals surface area contributed by atoms with Crippen molar-refractivity contribution in [3.63, 3.8) is 0 Å². The first-order chi connectivity index (χ1) is 16.3. The second kappa shape index (κ2) is 9.70. The molecular weight excluding hydrogens is 445 g/mol. The number of benzene rings is 3. The summed E-state index contributed by atoms with van der Waals surface area (Å²) in [5.41, 5.74) is 6.97. The van der Waals surface area contributed by atoms with Gasteiger partial charge in [0.2, 0.25) is 0 Å². The van der Waals surface area contributed by atoms with Crippen LogP contribution in [0.1, 0.15) is 15.9 Å². The van der Waals surface area contributed by atoms with Crippen LogP contribution < -0.4 is 15.8 Å². The second-order valence-corrected chi connectivity index (χ2v) is 7.43. The van der Waals surface area contributed by atoms with Gasteiger partial charge in [-0.05, 0) is 59.7 Å². The number of carbonyl (C=O) groups excluding carboxylic acids is 1. The molecule has 0 spiro atoms. The second-order valence-electron chi connectivity index (χ2n) is 7.43. The Morgan fingerprint density at radius 1 is 0.971 bits per heavy atom. The van der Waals surface area contributed by atoms with Crippen LogP contribution in [0.4, 0.5) is 24.7 Å². The van der Waals surface area contributed by atoms with Crippen LogP contribution >= 0.6 is 0 Å². The molecule has 3 N–H and O–H groups in total. The fourth-order valence-electron chi connectivity index (χ4n) is 3.38. The van der Waals surface area contributed by atoms with Crippen LogP contribution in [-0.2, 0) is 12.7 Å². The van der Waals surface area contributed by atoms with E-state index in [2.05, 4.69) is 10.4 Å². The van der Waals surface area contributed by atoms with E-state index >= 15 is 0 Å². The molecule has 6 nitrogen and oxygen atoms in total. The third kappa shape index (κ3) is 5.37. The Bertz CT molecular complexity index is 1270. The highest BCUT2D eigenvalue weighted by Gasteiger charge is 2.30. The molecule has 1 heterocycles. The monoisotopic (exact) mass is 466 g/mol. The summed E-state index contributed by atoms with van der Waals surface area (Å²) in [7, 11) is 0. The lowest BCUT2D eigenvalue weighted by molar-refractivity contribution is -0.137. The summed E-state index contributed by atoms with van der Waals surface area (Å²) in [5, 5.41) is 6.89. The fourth-order valence-corrected chi connectivity index (χ4v) is 3.38. The summed E-state index contributed by atoms with van der Waals surface area (Å²) in [5.74, 6) is 0.797. The highest BCUT2D eigenvalue weighted by atomic mass is 19.4. The van der Waals surface area contributed by atoms with Crippen molar-refractivity contribution in [2.45, 2.75) is 12.7 Å². The van der Waals surface area contributed by atoms with E-state index in [4.69, 9.17) is 10.5 Å². The lowest BCUT2D eigenvalue weighted by Crippen LogP contribution is -2.13. The minimum Gasteiger partial charge on any atom is -0.492 e. The SMILES string of the molecule is Nc1ccnn1CCOc1ccc(NC(=O)c2ccccc2-c2ccc(C(F)(F)F)cc2)cc1.